The van der Waals surface area contributed by atoms with Gasteiger partial charge in [0, 0.05) is 18.7 Å². The molecule has 5 nitrogen and oxygen atoms in total. The first-order chi connectivity index (χ1) is 10.1. The summed E-state index contributed by atoms with van der Waals surface area (Å²) in [4.78, 5) is 6.82. The number of nitrogens with zero attached hydrogens (tertiary/aromatic N) is 3. The van der Waals surface area contributed by atoms with Crippen LogP contribution in [0.25, 0.3) is 11.4 Å². The van der Waals surface area contributed by atoms with E-state index in [0.717, 1.165) is 24.2 Å². The number of aryl methyl sites for hydroxylation is 1. The number of rotatable bonds is 3. The standard InChI is InChI=1S/C16H21N3O2/c1-11-6-4-5-7-14(11)16-17-15(21-18-16)10-19-8-12(2)20-13(3)9-19/h4-7,12-13H,8-10H2,1-3H3. The van der Waals surface area contributed by atoms with Crippen LogP contribution < -0.4 is 0 Å². The van der Waals surface area contributed by atoms with E-state index in [-0.39, 0.29) is 12.2 Å². The molecule has 0 N–H and O–H groups in total. The zero-order chi connectivity index (χ0) is 14.8. The van der Waals surface area contributed by atoms with Crippen molar-refractivity contribution in [3.05, 3.63) is 35.7 Å². The van der Waals surface area contributed by atoms with Gasteiger partial charge in [-0.05, 0) is 26.3 Å². The van der Waals surface area contributed by atoms with Gasteiger partial charge in [0.1, 0.15) is 0 Å². The molecule has 0 bridgehead atoms. The SMILES string of the molecule is Cc1ccccc1-c1noc(CN2CC(C)OC(C)C2)n1. The lowest BCUT2D eigenvalue weighted by Crippen LogP contribution is -2.44. The molecule has 0 radical (unpaired) electrons. The highest BCUT2D eigenvalue weighted by atomic mass is 16.5. The molecule has 3 rings (SSSR count). The van der Waals surface area contributed by atoms with Crippen LogP contribution in [-0.2, 0) is 11.3 Å². The van der Waals surface area contributed by atoms with Crippen molar-refractivity contribution in [1.29, 1.82) is 0 Å². The van der Waals surface area contributed by atoms with E-state index in [9.17, 15) is 0 Å². The molecule has 0 saturated carbocycles. The molecule has 5 heteroatoms. The van der Waals surface area contributed by atoms with Crippen molar-refractivity contribution < 1.29 is 9.26 Å². The summed E-state index contributed by atoms with van der Waals surface area (Å²) in [5, 5.41) is 4.11. The van der Waals surface area contributed by atoms with Crippen molar-refractivity contribution in [2.75, 3.05) is 13.1 Å². The van der Waals surface area contributed by atoms with Gasteiger partial charge in [-0.25, -0.2) is 0 Å². The first-order valence-corrected chi connectivity index (χ1v) is 7.38. The van der Waals surface area contributed by atoms with E-state index in [2.05, 4.69) is 41.9 Å². The smallest absolute Gasteiger partial charge is 0.241 e. The second kappa shape index (κ2) is 5.95. The van der Waals surface area contributed by atoms with Crippen molar-refractivity contribution in [2.24, 2.45) is 0 Å². The van der Waals surface area contributed by atoms with E-state index in [1.165, 1.54) is 0 Å². The number of benzene rings is 1. The van der Waals surface area contributed by atoms with Crippen molar-refractivity contribution in [3.8, 4) is 11.4 Å². The summed E-state index contributed by atoms with van der Waals surface area (Å²) in [6.07, 6.45) is 0.486. The highest BCUT2D eigenvalue weighted by Gasteiger charge is 2.24. The molecular weight excluding hydrogens is 266 g/mol. The third kappa shape index (κ3) is 3.31. The van der Waals surface area contributed by atoms with Gasteiger partial charge in [-0.15, -0.1) is 0 Å². The molecule has 2 aromatic rings. The minimum absolute atomic E-state index is 0.243. The normalized spacial score (nSPS) is 23.4. The Hall–Kier alpha value is -1.72. The molecule has 0 aliphatic carbocycles. The number of hydrogen-bond acceptors (Lipinski definition) is 5. The molecule has 1 aromatic heterocycles. The number of hydrogen-bond donors (Lipinski definition) is 0. The zero-order valence-corrected chi connectivity index (χ0v) is 12.7. The molecule has 1 aromatic carbocycles. The largest absolute Gasteiger partial charge is 0.373 e. The van der Waals surface area contributed by atoms with Crippen LogP contribution in [0.2, 0.25) is 0 Å². The summed E-state index contributed by atoms with van der Waals surface area (Å²) in [6, 6.07) is 8.07. The maximum absolute atomic E-state index is 5.74. The van der Waals surface area contributed by atoms with Gasteiger partial charge in [0.25, 0.3) is 0 Å². The summed E-state index contributed by atoms with van der Waals surface area (Å²) >= 11 is 0. The molecular formula is C16H21N3O2. The van der Waals surface area contributed by atoms with E-state index in [4.69, 9.17) is 9.26 Å². The van der Waals surface area contributed by atoms with E-state index in [0.29, 0.717) is 18.3 Å². The van der Waals surface area contributed by atoms with Crippen LogP contribution in [0, 0.1) is 6.92 Å². The second-order valence-corrected chi connectivity index (χ2v) is 5.78. The summed E-state index contributed by atoms with van der Waals surface area (Å²) in [5.74, 6) is 1.33. The Morgan fingerprint density at radius 2 is 1.90 bits per heavy atom. The molecule has 1 aliphatic rings. The fraction of sp³-hybridized carbons (Fsp3) is 0.500. The van der Waals surface area contributed by atoms with Crippen LogP contribution in [-0.4, -0.2) is 40.3 Å². The van der Waals surface area contributed by atoms with Crippen molar-refractivity contribution in [1.82, 2.24) is 15.0 Å². The maximum atomic E-state index is 5.74. The first-order valence-electron chi connectivity index (χ1n) is 7.38. The van der Waals surface area contributed by atoms with Crippen LogP contribution >= 0.6 is 0 Å². The van der Waals surface area contributed by atoms with Gasteiger partial charge in [0.2, 0.25) is 11.7 Å². The summed E-state index contributed by atoms with van der Waals surface area (Å²) in [5.41, 5.74) is 2.18. The average Bonchev–Trinajstić information content (AvgIpc) is 2.86. The summed E-state index contributed by atoms with van der Waals surface area (Å²) < 4.78 is 11.1. The molecule has 0 spiro atoms. The van der Waals surface area contributed by atoms with Gasteiger partial charge in [0.05, 0.1) is 18.8 Å². The van der Waals surface area contributed by atoms with Gasteiger partial charge < -0.3 is 9.26 Å². The lowest BCUT2D eigenvalue weighted by atomic mass is 10.1. The van der Waals surface area contributed by atoms with Gasteiger partial charge >= 0.3 is 0 Å². The Balaban J connectivity index is 1.72. The van der Waals surface area contributed by atoms with Gasteiger partial charge in [-0.2, -0.15) is 4.98 Å². The molecule has 2 atom stereocenters. The minimum atomic E-state index is 0.243. The third-order valence-corrected chi connectivity index (χ3v) is 3.71. The lowest BCUT2D eigenvalue weighted by Gasteiger charge is -2.34. The molecule has 1 fully saturated rings. The average molecular weight is 287 g/mol. The van der Waals surface area contributed by atoms with E-state index in [1.807, 2.05) is 18.2 Å². The minimum Gasteiger partial charge on any atom is -0.373 e. The van der Waals surface area contributed by atoms with E-state index in [1.54, 1.807) is 0 Å². The van der Waals surface area contributed by atoms with Crippen LogP contribution in [0.5, 0.6) is 0 Å². The molecule has 2 unspecified atom stereocenters. The number of morpholine rings is 1. The van der Waals surface area contributed by atoms with Crippen LogP contribution in [0.15, 0.2) is 28.8 Å². The Kier molecular flexibility index (Phi) is 4.03. The topological polar surface area (TPSA) is 51.4 Å². The van der Waals surface area contributed by atoms with Gasteiger partial charge in [0.15, 0.2) is 0 Å². The number of ether oxygens (including phenoxy) is 1. The zero-order valence-electron chi connectivity index (χ0n) is 12.7. The van der Waals surface area contributed by atoms with Crippen LogP contribution in [0.4, 0.5) is 0 Å². The van der Waals surface area contributed by atoms with Crippen LogP contribution in [0.1, 0.15) is 25.3 Å². The van der Waals surface area contributed by atoms with Crippen molar-refractivity contribution in [3.63, 3.8) is 0 Å². The van der Waals surface area contributed by atoms with Crippen LogP contribution in [0.3, 0.4) is 0 Å². The van der Waals surface area contributed by atoms with Crippen molar-refractivity contribution in [2.45, 2.75) is 39.5 Å². The maximum Gasteiger partial charge on any atom is 0.241 e. The quantitative estimate of drug-likeness (QED) is 0.868. The predicted octanol–water partition coefficient (Wildman–Crippen LogP) is 2.65. The Bertz CT molecular complexity index is 601. The monoisotopic (exact) mass is 287 g/mol. The molecule has 2 heterocycles. The predicted molar refractivity (Wildman–Crippen MR) is 79.8 cm³/mol. The molecule has 112 valence electrons. The fourth-order valence-electron chi connectivity index (χ4n) is 2.86. The lowest BCUT2D eigenvalue weighted by molar-refractivity contribution is -0.0725. The fourth-order valence-corrected chi connectivity index (χ4v) is 2.86. The Morgan fingerprint density at radius 3 is 2.62 bits per heavy atom. The molecule has 1 saturated heterocycles. The van der Waals surface area contributed by atoms with Crippen molar-refractivity contribution >= 4 is 0 Å². The van der Waals surface area contributed by atoms with Gasteiger partial charge in [-0.1, -0.05) is 29.4 Å². The summed E-state index contributed by atoms with van der Waals surface area (Å²) in [6.45, 7) is 8.71. The van der Waals surface area contributed by atoms with E-state index < -0.39 is 0 Å². The van der Waals surface area contributed by atoms with Gasteiger partial charge in [-0.3, -0.25) is 4.90 Å². The Morgan fingerprint density at radius 1 is 1.19 bits per heavy atom. The molecule has 21 heavy (non-hydrogen) atoms. The molecule has 0 amide bonds. The second-order valence-electron chi connectivity index (χ2n) is 5.78. The summed E-state index contributed by atoms with van der Waals surface area (Å²) in [7, 11) is 0. The Labute approximate surface area is 124 Å². The number of aromatic nitrogens is 2. The van der Waals surface area contributed by atoms with E-state index >= 15 is 0 Å². The third-order valence-electron chi connectivity index (χ3n) is 3.71. The highest BCUT2D eigenvalue weighted by molar-refractivity contribution is 5.58. The first kappa shape index (κ1) is 14.2. The highest BCUT2D eigenvalue weighted by Crippen LogP contribution is 2.21. The molecule has 1 aliphatic heterocycles.